The van der Waals surface area contributed by atoms with E-state index in [0.29, 0.717) is 12.2 Å². The van der Waals surface area contributed by atoms with Gasteiger partial charge in [-0.25, -0.2) is 4.98 Å². The fraction of sp³-hybridized carbons (Fsp3) is 0.583. The van der Waals surface area contributed by atoms with Crippen LogP contribution < -0.4 is 10.6 Å². The Bertz CT molecular complexity index is 446. The van der Waals surface area contributed by atoms with Gasteiger partial charge in [0.25, 0.3) is 5.69 Å². The van der Waals surface area contributed by atoms with Crippen molar-refractivity contribution in [2.24, 2.45) is 11.1 Å². The lowest BCUT2D eigenvalue weighted by Crippen LogP contribution is -2.37. The molecule has 0 aliphatic heterocycles. The van der Waals surface area contributed by atoms with Crippen molar-refractivity contribution < 1.29 is 4.92 Å². The standard InChI is InChI=1S/C12H20N4O2/c1-9-10(16(17)18)5-6-11(14-9)15(4)8-12(2,3)7-13/h5-6H,7-8,13H2,1-4H3. The minimum Gasteiger partial charge on any atom is -0.359 e. The van der Waals surface area contributed by atoms with E-state index < -0.39 is 4.92 Å². The Labute approximate surface area is 107 Å². The second-order valence-electron chi connectivity index (χ2n) is 5.26. The van der Waals surface area contributed by atoms with Gasteiger partial charge in [-0.1, -0.05) is 13.8 Å². The van der Waals surface area contributed by atoms with Crippen molar-refractivity contribution in [3.8, 4) is 0 Å². The third-order valence-corrected chi connectivity index (χ3v) is 2.85. The van der Waals surface area contributed by atoms with E-state index in [2.05, 4.69) is 18.8 Å². The lowest BCUT2D eigenvalue weighted by Gasteiger charge is -2.29. The second kappa shape index (κ2) is 5.30. The van der Waals surface area contributed by atoms with E-state index in [-0.39, 0.29) is 11.1 Å². The van der Waals surface area contributed by atoms with Gasteiger partial charge < -0.3 is 10.6 Å². The molecular formula is C12H20N4O2. The first-order chi connectivity index (χ1) is 8.26. The van der Waals surface area contributed by atoms with Crippen LogP contribution in [0.4, 0.5) is 11.5 Å². The molecule has 1 heterocycles. The Morgan fingerprint density at radius 1 is 1.50 bits per heavy atom. The molecule has 1 aromatic heterocycles. The number of anilines is 1. The molecule has 1 rings (SSSR count). The van der Waals surface area contributed by atoms with Crippen molar-refractivity contribution in [2.75, 3.05) is 25.0 Å². The highest BCUT2D eigenvalue weighted by Crippen LogP contribution is 2.22. The summed E-state index contributed by atoms with van der Waals surface area (Å²) in [5, 5.41) is 10.7. The first-order valence-electron chi connectivity index (χ1n) is 5.80. The predicted octanol–water partition coefficient (Wildman–Crippen LogP) is 1.72. The van der Waals surface area contributed by atoms with Crippen molar-refractivity contribution in [2.45, 2.75) is 20.8 Å². The first-order valence-corrected chi connectivity index (χ1v) is 5.80. The summed E-state index contributed by atoms with van der Waals surface area (Å²) in [7, 11) is 1.91. The number of pyridine rings is 1. The van der Waals surface area contributed by atoms with E-state index in [1.54, 1.807) is 13.0 Å². The van der Waals surface area contributed by atoms with Crippen LogP contribution in [-0.4, -0.2) is 30.0 Å². The van der Waals surface area contributed by atoms with Crippen LogP contribution in [-0.2, 0) is 0 Å². The van der Waals surface area contributed by atoms with Gasteiger partial charge in [0.1, 0.15) is 11.5 Å². The largest absolute Gasteiger partial charge is 0.359 e. The van der Waals surface area contributed by atoms with Crippen molar-refractivity contribution >= 4 is 11.5 Å². The van der Waals surface area contributed by atoms with E-state index >= 15 is 0 Å². The van der Waals surface area contributed by atoms with Gasteiger partial charge >= 0.3 is 0 Å². The van der Waals surface area contributed by atoms with Gasteiger partial charge in [0, 0.05) is 19.7 Å². The third-order valence-electron chi connectivity index (χ3n) is 2.85. The van der Waals surface area contributed by atoms with Gasteiger partial charge in [0.2, 0.25) is 0 Å². The molecule has 0 atom stereocenters. The summed E-state index contributed by atoms with van der Waals surface area (Å²) >= 11 is 0. The van der Waals surface area contributed by atoms with E-state index in [0.717, 1.165) is 12.4 Å². The van der Waals surface area contributed by atoms with Crippen molar-refractivity contribution in [3.05, 3.63) is 27.9 Å². The lowest BCUT2D eigenvalue weighted by atomic mass is 9.93. The Kier molecular flexibility index (Phi) is 4.24. The zero-order valence-electron chi connectivity index (χ0n) is 11.3. The molecule has 0 fully saturated rings. The number of hydrogen-bond donors (Lipinski definition) is 1. The molecule has 0 radical (unpaired) electrons. The molecule has 2 N–H and O–H groups in total. The summed E-state index contributed by atoms with van der Waals surface area (Å²) in [5.41, 5.74) is 6.14. The molecule has 1 aromatic rings. The van der Waals surface area contributed by atoms with Crippen LogP contribution in [0.15, 0.2) is 12.1 Å². The molecule has 18 heavy (non-hydrogen) atoms. The maximum absolute atomic E-state index is 10.7. The molecule has 0 spiro atoms. The molecular weight excluding hydrogens is 232 g/mol. The maximum atomic E-state index is 10.7. The first kappa shape index (κ1) is 14.4. The molecule has 0 aliphatic rings. The molecule has 0 aromatic carbocycles. The highest BCUT2D eigenvalue weighted by molar-refractivity contribution is 5.46. The highest BCUT2D eigenvalue weighted by Gasteiger charge is 2.20. The summed E-state index contributed by atoms with van der Waals surface area (Å²) in [6.07, 6.45) is 0. The van der Waals surface area contributed by atoms with Gasteiger partial charge in [-0.3, -0.25) is 10.1 Å². The number of aromatic nitrogens is 1. The van der Waals surface area contributed by atoms with Gasteiger partial charge in [0.15, 0.2) is 0 Å². The molecule has 100 valence electrons. The molecule has 0 saturated heterocycles. The highest BCUT2D eigenvalue weighted by atomic mass is 16.6. The Balaban J connectivity index is 2.91. The molecule has 0 saturated carbocycles. The van der Waals surface area contributed by atoms with Crippen molar-refractivity contribution in [1.29, 1.82) is 0 Å². The fourth-order valence-corrected chi connectivity index (χ4v) is 1.73. The second-order valence-corrected chi connectivity index (χ2v) is 5.26. The zero-order chi connectivity index (χ0) is 13.9. The number of nitrogens with zero attached hydrogens (tertiary/aromatic N) is 3. The minimum absolute atomic E-state index is 0.0217. The maximum Gasteiger partial charge on any atom is 0.290 e. The van der Waals surface area contributed by atoms with E-state index in [1.807, 2.05) is 11.9 Å². The lowest BCUT2D eigenvalue weighted by molar-refractivity contribution is -0.385. The van der Waals surface area contributed by atoms with Crippen molar-refractivity contribution in [1.82, 2.24) is 4.98 Å². The van der Waals surface area contributed by atoms with Crippen molar-refractivity contribution in [3.63, 3.8) is 0 Å². The smallest absolute Gasteiger partial charge is 0.290 e. The summed E-state index contributed by atoms with van der Waals surface area (Å²) in [6, 6.07) is 3.15. The van der Waals surface area contributed by atoms with Crippen LogP contribution >= 0.6 is 0 Å². The summed E-state index contributed by atoms with van der Waals surface area (Å²) in [5.74, 6) is 0.722. The topological polar surface area (TPSA) is 85.3 Å². The molecule has 0 aliphatic carbocycles. The summed E-state index contributed by atoms with van der Waals surface area (Å²) in [6.45, 7) is 7.10. The predicted molar refractivity (Wildman–Crippen MR) is 71.7 cm³/mol. The number of aryl methyl sites for hydroxylation is 1. The van der Waals surface area contributed by atoms with Gasteiger partial charge in [-0.2, -0.15) is 0 Å². The average Bonchev–Trinajstić information content (AvgIpc) is 2.27. The molecule has 0 unspecified atom stereocenters. The number of nitrogens with two attached hydrogens (primary N) is 1. The van der Waals surface area contributed by atoms with Gasteiger partial charge in [0.05, 0.1) is 4.92 Å². The monoisotopic (exact) mass is 252 g/mol. The Hall–Kier alpha value is -1.69. The number of hydrogen-bond acceptors (Lipinski definition) is 5. The Morgan fingerprint density at radius 2 is 2.11 bits per heavy atom. The SMILES string of the molecule is Cc1nc(N(C)CC(C)(C)CN)ccc1[N+](=O)[O-]. The van der Waals surface area contributed by atoms with Crippen LogP contribution in [0.5, 0.6) is 0 Å². The normalized spacial score (nSPS) is 11.4. The van der Waals surface area contributed by atoms with Gasteiger partial charge in [-0.05, 0) is 24.9 Å². The molecule has 6 heteroatoms. The summed E-state index contributed by atoms with van der Waals surface area (Å²) < 4.78 is 0. The average molecular weight is 252 g/mol. The number of rotatable bonds is 5. The quantitative estimate of drug-likeness (QED) is 0.637. The zero-order valence-corrected chi connectivity index (χ0v) is 11.3. The molecule has 0 bridgehead atoms. The molecule has 6 nitrogen and oxygen atoms in total. The van der Waals surface area contributed by atoms with Crippen LogP contribution in [0, 0.1) is 22.5 Å². The van der Waals surface area contributed by atoms with E-state index in [4.69, 9.17) is 5.73 Å². The third kappa shape index (κ3) is 3.40. The van der Waals surface area contributed by atoms with E-state index in [9.17, 15) is 10.1 Å². The fourth-order valence-electron chi connectivity index (χ4n) is 1.73. The van der Waals surface area contributed by atoms with Crippen LogP contribution in [0.25, 0.3) is 0 Å². The van der Waals surface area contributed by atoms with E-state index in [1.165, 1.54) is 6.07 Å². The van der Waals surface area contributed by atoms with Gasteiger partial charge in [-0.15, -0.1) is 0 Å². The van der Waals surface area contributed by atoms with Crippen LogP contribution in [0.2, 0.25) is 0 Å². The summed E-state index contributed by atoms with van der Waals surface area (Å²) in [4.78, 5) is 16.5. The van der Waals surface area contributed by atoms with Crippen LogP contribution in [0.1, 0.15) is 19.5 Å². The molecule has 0 amide bonds. The van der Waals surface area contributed by atoms with Crippen LogP contribution in [0.3, 0.4) is 0 Å². The number of nitro groups is 1. The minimum atomic E-state index is -0.421. The Morgan fingerprint density at radius 3 is 2.56 bits per heavy atom.